The number of carboxylic acids is 1. The van der Waals surface area contributed by atoms with Crippen molar-refractivity contribution in [1.82, 2.24) is 4.31 Å². The van der Waals surface area contributed by atoms with Gasteiger partial charge in [0.25, 0.3) is 0 Å². The molecule has 1 aliphatic rings. The number of carboxylic acid groups (broad SMARTS) is 1. The van der Waals surface area contributed by atoms with E-state index in [4.69, 9.17) is 5.11 Å². The van der Waals surface area contributed by atoms with Gasteiger partial charge in [0.2, 0.25) is 10.0 Å². The minimum absolute atomic E-state index is 0.156. The Balaban J connectivity index is 2.34. The van der Waals surface area contributed by atoms with Gasteiger partial charge in [0, 0.05) is 6.04 Å². The Morgan fingerprint density at radius 2 is 1.79 bits per heavy atom. The van der Waals surface area contributed by atoms with E-state index < -0.39 is 22.5 Å². The quantitative estimate of drug-likeness (QED) is 0.892. The van der Waals surface area contributed by atoms with Crippen LogP contribution < -0.4 is 0 Å². The van der Waals surface area contributed by atoms with Gasteiger partial charge in [0.05, 0.1) is 4.90 Å². The van der Waals surface area contributed by atoms with Crippen molar-refractivity contribution >= 4 is 16.0 Å². The van der Waals surface area contributed by atoms with Crippen molar-refractivity contribution in [2.24, 2.45) is 0 Å². The normalized spacial score (nSPS) is 16.9. The lowest BCUT2D eigenvalue weighted by Crippen LogP contribution is -2.42. The van der Waals surface area contributed by atoms with Crippen molar-refractivity contribution < 1.29 is 18.3 Å². The molecule has 0 radical (unpaired) electrons. The fraction of sp³-hybridized carbons (Fsp3) is 0.462. The molecule has 1 fully saturated rings. The summed E-state index contributed by atoms with van der Waals surface area (Å²) in [6.45, 7) is -0.470. The molecule has 1 aliphatic carbocycles. The standard InChI is InChI=1S/C13H17NO4S/c15-13(16)10-14(11-6-4-5-7-11)19(17,18)12-8-2-1-3-9-12/h1-3,8-9,11H,4-7,10H2,(H,15,16). The Bertz CT molecular complexity index is 535. The van der Waals surface area contributed by atoms with E-state index in [0.29, 0.717) is 0 Å². The first-order valence-corrected chi connectivity index (χ1v) is 7.74. The average Bonchev–Trinajstić information content (AvgIpc) is 2.90. The largest absolute Gasteiger partial charge is 0.480 e. The van der Waals surface area contributed by atoms with Gasteiger partial charge in [-0.25, -0.2) is 8.42 Å². The minimum atomic E-state index is -3.73. The number of carbonyl (C=O) groups is 1. The van der Waals surface area contributed by atoms with Crippen molar-refractivity contribution in [1.29, 1.82) is 0 Å². The molecule has 0 atom stereocenters. The molecule has 1 aromatic carbocycles. The van der Waals surface area contributed by atoms with Crippen molar-refractivity contribution in [3.8, 4) is 0 Å². The molecule has 0 unspecified atom stereocenters. The molecule has 6 heteroatoms. The molecule has 1 saturated carbocycles. The van der Waals surface area contributed by atoms with Gasteiger partial charge in [-0.2, -0.15) is 4.31 Å². The number of sulfonamides is 1. The number of hydrogen-bond donors (Lipinski definition) is 1. The molecule has 0 saturated heterocycles. The van der Waals surface area contributed by atoms with Crippen LogP contribution in [0.4, 0.5) is 0 Å². The molecule has 2 rings (SSSR count). The van der Waals surface area contributed by atoms with Gasteiger partial charge in [-0.05, 0) is 25.0 Å². The van der Waals surface area contributed by atoms with Gasteiger partial charge < -0.3 is 5.11 Å². The highest BCUT2D eigenvalue weighted by atomic mass is 32.2. The minimum Gasteiger partial charge on any atom is -0.480 e. The molecule has 0 bridgehead atoms. The summed E-state index contributed by atoms with van der Waals surface area (Å²) < 4.78 is 26.2. The smallest absolute Gasteiger partial charge is 0.318 e. The highest BCUT2D eigenvalue weighted by Gasteiger charge is 2.34. The van der Waals surface area contributed by atoms with Gasteiger partial charge in [-0.3, -0.25) is 4.79 Å². The SMILES string of the molecule is O=C(O)CN(C1CCCC1)S(=O)(=O)c1ccccc1. The highest BCUT2D eigenvalue weighted by Crippen LogP contribution is 2.28. The average molecular weight is 283 g/mol. The first-order valence-electron chi connectivity index (χ1n) is 6.30. The second-order valence-corrected chi connectivity index (χ2v) is 6.59. The van der Waals surface area contributed by atoms with Crippen LogP contribution in [0.15, 0.2) is 35.2 Å². The summed E-state index contributed by atoms with van der Waals surface area (Å²) in [7, 11) is -3.73. The summed E-state index contributed by atoms with van der Waals surface area (Å²) in [6.07, 6.45) is 3.37. The fourth-order valence-corrected chi connectivity index (χ4v) is 4.12. The zero-order chi connectivity index (χ0) is 13.9. The summed E-state index contributed by atoms with van der Waals surface area (Å²) in [5.41, 5.74) is 0. The van der Waals surface area contributed by atoms with Crippen molar-refractivity contribution in [2.45, 2.75) is 36.6 Å². The first kappa shape index (κ1) is 14.0. The summed E-state index contributed by atoms with van der Waals surface area (Å²) in [5.74, 6) is -1.12. The third-order valence-corrected chi connectivity index (χ3v) is 5.29. The lowest BCUT2D eigenvalue weighted by atomic mass is 10.2. The molecule has 0 spiro atoms. The predicted molar refractivity (Wildman–Crippen MR) is 70.2 cm³/mol. The second kappa shape index (κ2) is 5.71. The number of aliphatic carboxylic acids is 1. The Hall–Kier alpha value is -1.40. The molecule has 1 N–H and O–H groups in total. The van der Waals surface area contributed by atoms with Crippen LogP contribution in [0.2, 0.25) is 0 Å². The van der Waals surface area contributed by atoms with E-state index in [0.717, 1.165) is 30.0 Å². The Morgan fingerprint density at radius 3 is 2.32 bits per heavy atom. The summed E-state index contributed by atoms with van der Waals surface area (Å²) in [5, 5.41) is 8.95. The van der Waals surface area contributed by atoms with E-state index in [1.807, 2.05) is 0 Å². The third-order valence-electron chi connectivity index (χ3n) is 3.37. The van der Waals surface area contributed by atoms with E-state index in [9.17, 15) is 13.2 Å². The second-order valence-electron chi connectivity index (χ2n) is 4.70. The molecule has 0 aromatic heterocycles. The van der Waals surface area contributed by atoms with E-state index in [-0.39, 0.29) is 10.9 Å². The lowest BCUT2D eigenvalue weighted by Gasteiger charge is -2.26. The van der Waals surface area contributed by atoms with Crippen LogP contribution in [0.25, 0.3) is 0 Å². The van der Waals surface area contributed by atoms with Crippen LogP contribution in [0, 0.1) is 0 Å². The highest BCUT2D eigenvalue weighted by molar-refractivity contribution is 7.89. The third kappa shape index (κ3) is 3.13. The molecule has 104 valence electrons. The van der Waals surface area contributed by atoms with E-state index in [1.54, 1.807) is 18.2 Å². The van der Waals surface area contributed by atoms with Crippen LogP contribution in [-0.2, 0) is 14.8 Å². The van der Waals surface area contributed by atoms with Crippen molar-refractivity contribution in [2.75, 3.05) is 6.54 Å². The summed E-state index contributed by atoms with van der Waals surface area (Å²) >= 11 is 0. The number of nitrogens with zero attached hydrogens (tertiary/aromatic N) is 1. The molecule has 0 aliphatic heterocycles. The van der Waals surface area contributed by atoms with Crippen LogP contribution in [-0.4, -0.2) is 36.4 Å². The topological polar surface area (TPSA) is 74.7 Å². The van der Waals surface area contributed by atoms with Crippen LogP contribution in [0.5, 0.6) is 0 Å². The molecular weight excluding hydrogens is 266 g/mol. The van der Waals surface area contributed by atoms with Gasteiger partial charge in [0.15, 0.2) is 0 Å². The number of benzene rings is 1. The zero-order valence-electron chi connectivity index (χ0n) is 10.5. The lowest BCUT2D eigenvalue weighted by molar-refractivity contribution is -0.137. The molecule has 5 nitrogen and oxygen atoms in total. The van der Waals surface area contributed by atoms with Gasteiger partial charge in [0.1, 0.15) is 6.54 Å². The van der Waals surface area contributed by atoms with Gasteiger partial charge in [-0.15, -0.1) is 0 Å². The molecule has 0 heterocycles. The van der Waals surface area contributed by atoms with Crippen molar-refractivity contribution in [3.63, 3.8) is 0 Å². The van der Waals surface area contributed by atoms with Gasteiger partial charge in [-0.1, -0.05) is 31.0 Å². The maximum Gasteiger partial charge on any atom is 0.318 e. The molecular formula is C13H17NO4S. The van der Waals surface area contributed by atoms with E-state index in [1.165, 1.54) is 12.1 Å². The maximum atomic E-state index is 12.5. The molecule has 0 amide bonds. The maximum absolute atomic E-state index is 12.5. The van der Waals surface area contributed by atoms with Gasteiger partial charge >= 0.3 is 5.97 Å². The number of hydrogen-bond acceptors (Lipinski definition) is 3. The van der Waals surface area contributed by atoms with Crippen LogP contribution in [0.1, 0.15) is 25.7 Å². The van der Waals surface area contributed by atoms with E-state index >= 15 is 0 Å². The molecule has 1 aromatic rings. The predicted octanol–water partition coefficient (Wildman–Crippen LogP) is 1.70. The fourth-order valence-electron chi connectivity index (χ4n) is 2.46. The monoisotopic (exact) mass is 283 g/mol. The first-order chi connectivity index (χ1) is 9.01. The summed E-state index contributed by atoms with van der Waals surface area (Å²) in [4.78, 5) is 11.1. The number of rotatable bonds is 5. The Morgan fingerprint density at radius 1 is 1.21 bits per heavy atom. The zero-order valence-corrected chi connectivity index (χ0v) is 11.3. The molecule has 19 heavy (non-hydrogen) atoms. The summed E-state index contributed by atoms with van der Waals surface area (Å²) in [6, 6.07) is 7.82. The Kier molecular flexibility index (Phi) is 4.21. The van der Waals surface area contributed by atoms with Crippen LogP contribution >= 0.6 is 0 Å². The Labute approximate surface area is 112 Å². The van der Waals surface area contributed by atoms with Crippen LogP contribution in [0.3, 0.4) is 0 Å². The van der Waals surface area contributed by atoms with Crippen molar-refractivity contribution in [3.05, 3.63) is 30.3 Å². The van der Waals surface area contributed by atoms with E-state index in [2.05, 4.69) is 0 Å².